The summed E-state index contributed by atoms with van der Waals surface area (Å²) in [6.45, 7) is 0.895. The topological polar surface area (TPSA) is 96.6 Å². The Morgan fingerprint density at radius 2 is 1.97 bits per heavy atom. The second-order valence-corrected chi connectivity index (χ2v) is 8.84. The summed E-state index contributed by atoms with van der Waals surface area (Å²) in [6.07, 6.45) is 11.8. The van der Waals surface area contributed by atoms with E-state index in [-0.39, 0.29) is 6.04 Å². The van der Waals surface area contributed by atoms with Crippen LogP contribution in [0.1, 0.15) is 54.2 Å². The number of fused-ring (bicyclic) bond motifs is 3. The number of hydrogen-bond acceptors (Lipinski definition) is 6. The molecule has 4 aromatic rings. The van der Waals surface area contributed by atoms with Gasteiger partial charge in [-0.1, -0.05) is 30.3 Å². The fourth-order valence-corrected chi connectivity index (χ4v) is 5.07. The van der Waals surface area contributed by atoms with Crippen LogP contribution in [0.4, 0.5) is 11.5 Å². The van der Waals surface area contributed by atoms with Gasteiger partial charge in [-0.05, 0) is 67.4 Å². The Hall–Kier alpha value is -3.58. The van der Waals surface area contributed by atoms with Gasteiger partial charge in [-0.25, -0.2) is 9.97 Å². The van der Waals surface area contributed by atoms with Gasteiger partial charge in [0, 0.05) is 18.8 Å². The minimum absolute atomic E-state index is 0.0333. The van der Waals surface area contributed by atoms with Crippen molar-refractivity contribution in [3.63, 3.8) is 0 Å². The fraction of sp³-hybridized carbons (Fsp3) is 0.308. The summed E-state index contributed by atoms with van der Waals surface area (Å²) < 4.78 is 0. The lowest BCUT2D eigenvalue weighted by Gasteiger charge is -2.28. The summed E-state index contributed by atoms with van der Waals surface area (Å²) in [6, 6.07) is 12.6. The molecule has 2 aliphatic rings. The number of nitrogens with one attached hydrogen (secondary N) is 1. The first kappa shape index (κ1) is 20.1. The molecule has 0 amide bonds. The first-order chi connectivity index (χ1) is 16.3. The highest BCUT2D eigenvalue weighted by atomic mass is 15.3. The maximum absolute atomic E-state index is 6.55. The van der Waals surface area contributed by atoms with Crippen molar-refractivity contribution in [2.75, 3.05) is 11.4 Å². The normalized spacial score (nSPS) is 20.2. The summed E-state index contributed by atoms with van der Waals surface area (Å²) >= 11 is 0. The highest BCUT2D eigenvalue weighted by molar-refractivity contribution is 5.87. The molecule has 1 atom stereocenters. The highest BCUT2D eigenvalue weighted by Gasteiger charge is 2.24. The van der Waals surface area contributed by atoms with Crippen molar-refractivity contribution in [3.8, 4) is 0 Å². The molecular formula is C26H27N7. The molecule has 0 saturated carbocycles. The number of nitrogens with two attached hydrogens (primary N) is 1. The van der Waals surface area contributed by atoms with Gasteiger partial charge in [0.2, 0.25) is 0 Å². The maximum Gasteiger partial charge on any atom is 0.183 e. The van der Waals surface area contributed by atoms with Crippen LogP contribution in [0.25, 0.3) is 16.7 Å². The molecule has 6 rings (SSSR count). The lowest BCUT2D eigenvalue weighted by atomic mass is 9.95. The average Bonchev–Trinajstić information content (AvgIpc) is 3.31. The Balaban J connectivity index is 1.31. The van der Waals surface area contributed by atoms with Crippen molar-refractivity contribution < 1.29 is 0 Å². The van der Waals surface area contributed by atoms with E-state index in [0.717, 1.165) is 73.5 Å². The number of aromatic nitrogens is 5. The first-order valence-electron chi connectivity index (χ1n) is 11.7. The first-order valence-corrected chi connectivity index (χ1v) is 11.7. The maximum atomic E-state index is 6.55. The minimum Gasteiger partial charge on any atom is -0.324 e. The number of pyridine rings is 1. The molecular weight excluding hydrogens is 410 g/mol. The monoisotopic (exact) mass is 437 g/mol. The van der Waals surface area contributed by atoms with E-state index < -0.39 is 0 Å². The molecule has 4 heterocycles. The van der Waals surface area contributed by atoms with E-state index in [1.165, 1.54) is 16.7 Å². The summed E-state index contributed by atoms with van der Waals surface area (Å²) in [5.74, 6) is 0.818. The fourth-order valence-electron chi connectivity index (χ4n) is 5.07. The smallest absolute Gasteiger partial charge is 0.183 e. The standard InChI is InChI=1S/C26H27N7/c27-20-13-12-18(8-3-7-17-6-1-2-9-19(17)20)22-16-29-24-25(30-22)31-32-26(24)33-15-5-10-21-23(33)11-4-14-28-21/h1-2,4,6,8-9,11,14,16,20H,3,5,7,10,12-13,15,27H2,(H,30,31,32)/b18-8+. The van der Waals surface area contributed by atoms with E-state index in [9.17, 15) is 0 Å². The predicted octanol–water partition coefficient (Wildman–Crippen LogP) is 4.64. The van der Waals surface area contributed by atoms with E-state index >= 15 is 0 Å². The molecule has 0 saturated heterocycles. The zero-order valence-corrected chi connectivity index (χ0v) is 18.5. The largest absolute Gasteiger partial charge is 0.324 e. The molecule has 7 nitrogen and oxygen atoms in total. The molecule has 33 heavy (non-hydrogen) atoms. The number of aryl methyl sites for hydroxylation is 2. The van der Waals surface area contributed by atoms with Gasteiger partial charge in [-0.3, -0.25) is 10.1 Å². The zero-order valence-electron chi connectivity index (χ0n) is 18.5. The zero-order chi connectivity index (χ0) is 22.2. The Morgan fingerprint density at radius 1 is 1.03 bits per heavy atom. The molecule has 1 aliphatic heterocycles. The number of nitrogens with zero attached hydrogens (tertiary/aromatic N) is 5. The number of H-pyrrole nitrogens is 1. The molecule has 1 aromatic carbocycles. The molecule has 7 heteroatoms. The number of rotatable bonds is 2. The van der Waals surface area contributed by atoms with Gasteiger partial charge in [0.1, 0.15) is 0 Å². The number of allylic oxidation sites excluding steroid dienone is 2. The van der Waals surface area contributed by atoms with Crippen molar-refractivity contribution in [1.82, 2.24) is 25.1 Å². The van der Waals surface area contributed by atoms with Gasteiger partial charge in [0.15, 0.2) is 17.0 Å². The van der Waals surface area contributed by atoms with E-state index in [4.69, 9.17) is 15.7 Å². The van der Waals surface area contributed by atoms with E-state index in [1.807, 2.05) is 18.5 Å². The van der Waals surface area contributed by atoms with Crippen LogP contribution in [-0.2, 0) is 12.8 Å². The number of hydrogen-bond donors (Lipinski definition) is 2. The summed E-state index contributed by atoms with van der Waals surface area (Å²) in [5, 5.41) is 7.72. The summed E-state index contributed by atoms with van der Waals surface area (Å²) in [7, 11) is 0. The lowest BCUT2D eigenvalue weighted by Crippen LogP contribution is -2.25. The number of aromatic amines is 1. The van der Waals surface area contributed by atoms with Gasteiger partial charge >= 0.3 is 0 Å². The van der Waals surface area contributed by atoms with Crippen LogP contribution in [0.3, 0.4) is 0 Å². The number of benzene rings is 1. The lowest BCUT2D eigenvalue weighted by molar-refractivity contribution is 0.661. The molecule has 0 radical (unpaired) electrons. The van der Waals surface area contributed by atoms with Crippen LogP contribution in [-0.4, -0.2) is 31.7 Å². The quantitative estimate of drug-likeness (QED) is 0.474. The van der Waals surface area contributed by atoms with E-state index in [0.29, 0.717) is 5.65 Å². The van der Waals surface area contributed by atoms with Crippen LogP contribution < -0.4 is 10.6 Å². The number of anilines is 2. The van der Waals surface area contributed by atoms with Crippen molar-refractivity contribution in [2.45, 2.75) is 44.6 Å². The molecule has 1 unspecified atom stereocenters. The third-order valence-electron chi connectivity index (χ3n) is 6.77. The molecule has 0 bridgehead atoms. The molecule has 3 aromatic heterocycles. The van der Waals surface area contributed by atoms with Crippen molar-refractivity contribution in [2.24, 2.45) is 5.73 Å². The van der Waals surface area contributed by atoms with Crippen molar-refractivity contribution >= 4 is 28.2 Å². The van der Waals surface area contributed by atoms with Gasteiger partial charge in [-0.15, -0.1) is 0 Å². The van der Waals surface area contributed by atoms with Crippen LogP contribution in [0.5, 0.6) is 0 Å². The van der Waals surface area contributed by atoms with Crippen LogP contribution in [0.15, 0.2) is 54.9 Å². The molecule has 1 aliphatic carbocycles. The minimum atomic E-state index is 0.0333. The van der Waals surface area contributed by atoms with Crippen LogP contribution in [0, 0.1) is 0 Å². The summed E-state index contributed by atoms with van der Waals surface area (Å²) in [4.78, 5) is 16.5. The van der Waals surface area contributed by atoms with Gasteiger partial charge in [0.25, 0.3) is 0 Å². The van der Waals surface area contributed by atoms with Gasteiger partial charge in [-0.2, -0.15) is 5.10 Å². The third-order valence-corrected chi connectivity index (χ3v) is 6.77. The van der Waals surface area contributed by atoms with Gasteiger partial charge in [0.05, 0.1) is 23.3 Å². The molecule has 166 valence electrons. The van der Waals surface area contributed by atoms with Gasteiger partial charge < -0.3 is 10.6 Å². The Kier molecular flexibility index (Phi) is 5.11. The van der Waals surface area contributed by atoms with Crippen molar-refractivity contribution in [3.05, 3.63) is 77.4 Å². The molecule has 3 N–H and O–H groups in total. The SMILES string of the molecule is NC1CC/C(c2cnc3c(N4CCCc5ncccc54)n[nH]c3n2)=C\CCc2ccccc21. The Morgan fingerprint density at radius 3 is 2.94 bits per heavy atom. The average molecular weight is 438 g/mol. The molecule has 0 fully saturated rings. The van der Waals surface area contributed by atoms with Crippen LogP contribution in [0.2, 0.25) is 0 Å². The van der Waals surface area contributed by atoms with E-state index in [2.05, 4.69) is 56.5 Å². The summed E-state index contributed by atoms with van der Waals surface area (Å²) in [5.41, 5.74) is 15.0. The Labute approximate surface area is 192 Å². The second-order valence-electron chi connectivity index (χ2n) is 8.84. The van der Waals surface area contributed by atoms with Crippen molar-refractivity contribution in [1.29, 1.82) is 0 Å². The van der Waals surface area contributed by atoms with Crippen LogP contribution >= 0.6 is 0 Å². The highest BCUT2D eigenvalue weighted by Crippen LogP contribution is 2.35. The van der Waals surface area contributed by atoms with E-state index in [1.54, 1.807) is 0 Å². The third kappa shape index (κ3) is 3.68. The molecule has 0 spiro atoms. The predicted molar refractivity (Wildman–Crippen MR) is 130 cm³/mol. The Bertz CT molecular complexity index is 1340. The second kappa shape index (κ2) is 8.41.